The molecule has 0 bridgehead atoms. The van der Waals surface area contributed by atoms with Gasteiger partial charge in [-0.25, -0.2) is 0 Å². The fraction of sp³-hybridized carbons (Fsp3) is 0.667. The summed E-state index contributed by atoms with van der Waals surface area (Å²) in [5.41, 5.74) is 0.421. The van der Waals surface area contributed by atoms with Crippen LogP contribution in [0.5, 0.6) is 11.8 Å². The van der Waals surface area contributed by atoms with E-state index in [-0.39, 0.29) is 29.7 Å². The SMILES string of the molecule is COc1ccc(C(=O)N2CCCCCCN(C)C(=O)[C@@H]3CCC[C@@H]32)c(OC)n1. The summed E-state index contributed by atoms with van der Waals surface area (Å²) in [6, 6.07) is 3.32. The van der Waals surface area contributed by atoms with Gasteiger partial charge in [0.25, 0.3) is 5.91 Å². The number of carbonyl (C=O) groups excluding carboxylic acids is 2. The van der Waals surface area contributed by atoms with Crippen LogP contribution in [0.1, 0.15) is 55.3 Å². The Hall–Kier alpha value is -2.31. The van der Waals surface area contributed by atoms with E-state index in [2.05, 4.69) is 4.98 Å². The molecule has 0 radical (unpaired) electrons. The summed E-state index contributed by atoms with van der Waals surface area (Å²) in [5, 5.41) is 0. The number of amides is 2. The van der Waals surface area contributed by atoms with Crippen molar-refractivity contribution in [3.8, 4) is 11.8 Å². The van der Waals surface area contributed by atoms with E-state index in [1.807, 2.05) is 16.8 Å². The van der Waals surface area contributed by atoms with Gasteiger partial charge in [-0.1, -0.05) is 19.3 Å². The van der Waals surface area contributed by atoms with Crippen molar-refractivity contribution >= 4 is 11.8 Å². The van der Waals surface area contributed by atoms with E-state index in [1.165, 1.54) is 14.2 Å². The van der Waals surface area contributed by atoms with Gasteiger partial charge < -0.3 is 19.3 Å². The highest BCUT2D eigenvalue weighted by Crippen LogP contribution is 2.34. The number of carbonyl (C=O) groups is 2. The molecule has 154 valence electrons. The van der Waals surface area contributed by atoms with Crippen LogP contribution in [0.2, 0.25) is 0 Å². The third-order valence-electron chi connectivity index (χ3n) is 5.94. The van der Waals surface area contributed by atoms with Crippen LogP contribution in [-0.4, -0.2) is 67.0 Å². The number of fused-ring (bicyclic) bond motifs is 1. The van der Waals surface area contributed by atoms with E-state index in [0.29, 0.717) is 18.0 Å². The van der Waals surface area contributed by atoms with Gasteiger partial charge in [-0.2, -0.15) is 4.98 Å². The van der Waals surface area contributed by atoms with E-state index < -0.39 is 0 Å². The van der Waals surface area contributed by atoms with Crippen LogP contribution in [0.15, 0.2) is 12.1 Å². The minimum absolute atomic E-state index is 0.0626. The van der Waals surface area contributed by atoms with Gasteiger partial charge in [0.15, 0.2) is 0 Å². The van der Waals surface area contributed by atoms with Gasteiger partial charge in [-0.05, 0) is 31.7 Å². The van der Waals surface area contributed by atoms with Crippen LogP contribution in [0.25, 0.3) is 0 Å². The number of methoxy groups -OCH3 is 2. The summed E-state index contributed by atoms with van der Waals surface area (Å²) in [5.74, 6) is 0.600. The summed E-state index contributed by atoms with van der Waals surface area (Å²) >= 11 is 0. The second kappa shape index (κ2) is 9.26. The molecule has 1 aromatic rings. The molecule has 0 unspecified atom stereocenters. The Morgan fingerprint density at radius 2 is 1.79 bits per heavy atom. The Bertz CT molecular complexity index is 709. The number of rotatable bonds is 3. The predicted octanol–water partition coefficient (Wildman–Crippen LogP) is 2.74. The van der Waals surface area contributed by atoms with Gasteiger partial charge in [0.2, 0.25) is 17.7 Å². The monoisotopic (exact) mass is 389 g/mol. The minimum Gasteiger partial charge on any atom is -0.481 e. The molecule has 1 aliphatic carbocycles. The maximum atomic E-state index is 13.5. The molecular formula is C21H31N3O4. The topological polar surface area (TPSA) is 72.0 Å². The molecule has 7 heteroatoms. The lowest BCUT2D eigenvalue weighted by Gasteiger charge is -2.34. The van der Waals surface area contributed by atoms with Crippen molar-refractivity contribution in [3.05, 3.63) is 17.7 Å². The minimum atomic E-state index is -0.121. The molecule has 2 amide bonds. The number of pyridine rings is 1. The van der Waals surface area contributed by atoms with Gasteiger partial charge in [0, 0.05) is 32.2 Å². The first-order chi connectivity index (χ1) is 13.6. The summed E-state index contributed by atoms with van der Waals surface area (Å²) in [6.45, 7) is 1.46. The number of aromatic nitrogens is 1. The Morgan fingerprint density at radius 3 is 2.50 bits per heavy atom. The van der Waals surface area contributed by atoms with Crippen molar-refractivity contribution in [2.24, 2.45) is 5.92 Å². The molecule has 3 rings (SSSR count). The number of ether oxygens (including phenoxy) is 2. The van der Waals surface area contributed by atoms with Gasteiger partial charge in [-0.3, -0.25) is 9.59 Å². The zero-order chi connectivity index (χ0) is 20.1. The maximum Gasteiger partial charge on any atom is 0.259 e. The van der Waals surface area contributed by atoms with Gasteiger partial charge >= 0.3 is 0 Å². The van der Waals surface area contributed by atoms with Crippen molar-refractivity contribution < 1.29 is 19.1 Å². The molecule has 0 aromatic carbocycles. The molecule has 0 spiro atoms. The first kappa shape index (κ1) is 20.4. The average molecular weight is 389 g/mol. The molecule has 2 aliphatic rings. The lowest BCUT2D eigenvalue weighted by molar-refractivity contribution is -0.135. The predicted molar refractivity (Wildman–Crippen MR) is 106 cm³/mol. The standard InChI is InChI=1S/C21H31N3O4/c1-23-13-6-4-5-7-14-24(17-10-8-9-15(17)20(23)25)21(26)16-11-12-18(27-2)22-19(16)28-3/h11-12,15,17H,4-10,13-14H2,1-3H3/t15-,17+/m1/s1. The van der Waals surface area contributed by atoms with Gasteiger partial charge in [0.05, 0.1) is 20.1 Å². The summed E-state index contributed by atoms with van der Waals surface area (Å²) in [7, 11) is 4.92. The molecule has 1 saturated heterocycles. The molecule has 1 saturated carbocycles. The van der Waals surface area contributed by atoms with Crippen LogP contribution in [0, 0.1) is 5.92 Å². The highest BCUT2D eigenvalue weighted by molar-refractivity contribution is 5.97. The highest BCUT2D eigenvalue weighted by atomic mass is 16.5. The number of hydrogen-bond donors (Lipinski definition) is 0. The molecule has 28 heavy (non-hydrogen) atoms. The van der Waals surface area contributed by atoms with Crippen molar-refractivity contribution in [2.45, 2.75) is 51.0 Å². The quantitative estimate of drug-likeness (QED) is 0.795. The van der Waals surface area contributed by atoms with E-state index in [9.17, 15) is 9.59 Å². The van der Waals surface area contributed by atoms with Gasteiger partial charge in [0.1, 0.15) is 5.56 Å². The van der Waals surface area contributed by atoms with Crippen molar-refractivity contribution in [3.63, 3.8) is 0 Å². The Labute approximate surface area is 167 Å². The van der Waals surface area contributed by atoms with Crippen molar-refractivity contribution in [1.82, 2.24) is 14.8 Å². The Kier molecular flexibility index (Phi) is 6.75. The molecular weight excluding hydrogens is 358 g/mol. The fourth-order valence-electron chi connectivity index (χ4n) is 4.41. The molecule has 1 aromatic heterocycles. The molecule has 2 fully saturated rings. The van der Waals surface area contributed by atoms with Crippen LogP contribution >= 0.6 is 0 Å². The molecule has 7 nitrogen and oxygen atoms in total. The fourth-order valence-corrected chi connectivity index (χ4v) is 4.41. The van der Waals surface area contributed by atoms with Gasteiger partial charge in [-0.15, -0.1) is 0 Å². The molecule has 1 aliphatic heterocycles. The van der Waals surface area contributed by atoms with E-state index in [1.54, 1.807) is 12.1 Å². The van der Waals surface area contributed by atoms with Crippen molar-refractivity contribution in [1.29, 1.82) is 0 Å². The van der Waals surface area contributed by atoms with E-state index in [0.717, 1.165) is 51.5 Å². The summed E-state index contributed by atoms with van der Waals surface area (Å²) in [4.78, 5) is 34.5. The van der Waals surface area contributed by atoms with E-state index in [4.69, 9.17) is 9.47 Å². The molecule has 2 heterocycles. The first-order valence-electron chi connectivity index (χ1n) is 10.2. The average Bonchev–Trinajstić information content (AvgIpc) is 3.19. The third-order valence-corrected chi connectivity index (χ3v) is 5.94. The zero-order valence-corrected chi connectivity index (χ0v) is 17.1. The first-order valence-corrected chi connectivity index (χ1v) is 10.2. The largest absolute Gasteiger partial charge is 0.481 e. The normalized spacial score (nSPS) is 23.8. The van der Waals surface area contributed by atoms with Crippen LogP contribution in [-0.2, 0) is 4.79 Å². The molecule has 2 atom stereocenters. The summed E-state index contributed by atoms with van der Waals surface area (Å²) < 4.78 is 10.5. The van der Waals surface area contributed by atoms with Crippen LogP contribution in [0.3, 0.4) is 0 Å². The second-order valence-corrected chi connectivity index (χ2v) is 7.69. The lowest BCUT2D eigenvalue weighted by atomic mass is 9.99. The maximum absolute atomic E-state index is 13.5. The Balaban J connectivity index is 1.92. The third kappa shape index (κ3) is 4.23. The van der Waals surface area contributed by atoms with Crippen LogP contribution in [0.4, 0.5) is 0 Å². The lowest BCUT2D eigenvalue weighted by Crippen LogP contribution is -2.47. The zero-order valence-electron chi connectivity index (χ0n) is 17.1. The summed E-state index contributed by atoms with van der Waals surface area (Å²) in [6.07, 6.45) is 6.76. The van der Waals surface area contributed by atoms with E-state index >= 15 is 0 Å². The smallest absolute Gasteiger partial charge is 0.259 e. The van der Waals surface area contributed by atoms with Crippen LogP contribution < -0.4 is 9.47 Å². The molecule has 0 N–H and O–H groups in total. The number of hydrogen-bond acceptors (Lipinski definition) is 5. The second-order valence-electron chi connectivity index (χ2n) is 7.69. The number of nitrogens with zero attached hydrogens (tertiary/aromatic N) is 3. The highest BCUT2D eigenvalue weighted by Gasteiger charge is 2.40. The van der Waals surface area contributed by atoms with Crippen molar-refractivity contribution in [2.75, 3.05) is 34.4 Å². The Morgan fingerprint density at radius 1 is 1.04 bits per heavy atom.